The molecule has 7 nitrogen and oxygen atoms in total. The van der Waals surface area contributed by atoms with Gasteiger partial charge in [0.05, 0.1) is 19.8 Å². The van der Waals surface area contributed by atoms with Crippen LogP contribution in [0.5, 0.6) is 11.5 Å². The first kappa shape index (κ1) is 23.6. The maximum Gasteiger partial charge on any atom is 0.224 e. The molecule has 3 rings (SSSR count). The molecule has 0 spiro atoms. The van der Waals surface area contributed by atoms with Crippen molar-refractivity contribution in [3.63, 3.8) is 0 Å². The van der Waals surface area contributed by atoms with Crippen molar-refractivity contribution in [1.82, 2.24) is 10.2 Å². The second kappa shape index (κ2) is 12.1. The number of anilines is 1. The molecular formula is C21H33IN4O3. The van der Waals surface area contributed by atoms with E-state index in [-0.39, 0.29) is 29.9 Å². The molecule has 1 atom stereocenters. The van der Waals surface area contributed by atoms with Gasteiger partial charge in [0.25, 0.3) is 0 Å². The van der Waals surface area contributed by atoms with Crippen LogP contribution in [0.1, 0.15) is 39.5 Å². The molecule has 1 saturated heterocycles. The number of rotatable bonds is 5. The molecule has 1 unspecified atom stereocenters. The highest BCUT2D eigenvalue weighted by Crippen LogP contribution is 2.32. The quantitative estimate of drug-likeness (QED) is 0.356. The summed E-state index contributed by atoms with van der Waals surface area (Å²) < 4.78 is 11.4. The van der Waals surface area contributed by atoms with Crippen molar-refractivity contribution in [3.05, 3.63) is 18.2 Å². The molecule has 2 aliphatic rings. The number of benzene rings is 1. The van der Waals surface area contributed by atoms with Gasteiger partial charge in [-0.3, -0.25) is 9.79 Å². The Balaban J connectivity index is 0.00000300. The lowest BCUT2D eigenvalue weighted by Crippen LogP contribution is -2.39. The van der Waals surface area contributed by atoms with E-state index in [1.54, 1.807) is 0 Å². The van der Waals surface area contributed by atoms with Crippen LogP contribution in [0.25, 0.3) is 0 Å². The standard InChI is InChI=1S/C21H32N4O3.HI/c1-3-22-21(23-10-9-20(26)25-11-4-6-16(2)15-25)24-17-7-8-18-19(14-17)28-13-5-12-27-18;/h7-8,14,16H,3-6,9-13,15H2,1-2H3,(H2,22,23,24);1H. The number of hydrogen-bond acceptors (Lipinski definition) is 4. The number of hydrogen-bond donors (Lipinski definition) is 2. The predicted octanol–water partition coefficient (Wildman–Crippen LogP) is 3.49. The molecule has 2 N–H and O–H groups in total. The van der Waals surface area contributed by atoms with E-state index < -0.39 is 0 Å². The number of fused-ring (bicyclic) bond motifs is 1. The number of nitrogens with one attached hydrogen (secondary N) is 2. The molecule has 1 aromatic carbocycles. The van der Waals surface area contributed by atoms with Gasteiger partial charge < -0.3 is 25.0 Å². The Kier molecular flexibility index (Phi) is 9.83. The molecule has 0 aromatic heterocycles. The normalized spacial score (nSPS) is 19.0. The Bertz CT molecular complexity index is 699. The van der Waals surface area contributed by atoms with E-state index in [0.717, 1.165) is 49.7 Å². The van der Waals surface area contributed by atoms with Crippen molar-refractivity contribution < 1.29 is 14.3 Å². The van der Waals surface area contributed by atoms with E-state index in [4.69, 9.17) is 9.47 Å². The Morgan fingerprint density at radius 1 is 1.24 bits per heavy atom. The third-order valence-electron chi connectivity index (χ3n) is 4.96. The van der Waals surface area contributed by atoms with Gasteiger partial charge >= 0.3 is 0 Å². The zero-order chi connectivity index (χ0) is 19.8. The molecule has 162 valence electrons. The van der Waals surface area contributed by atoms with Gasteiger partial charge in [-0.15, -0.1) is 24.0 Å². The fourth-order valence-electron chi connectivity index (χ4n) is 3.52. The zero-order valence-electron chi connectivity index (χ0n) is 17.4. The molecule has 0 bridgehead atoms. The summed E-state index contributed by atoms with van der Waals surface area (Å²) in [4.78, 5) is 19.0. The van der Waals surface area contributed by atoms with Gasteiger partial charge in [-0.1, -0.05) is 6.92 Å². The van der Waals surface area contributed by atoms with Gasteiger partial charge in [0.1, 0.15) is 0 Å². The van der Waals surface area contributed by atoms with Crippen LogP contribution >= 0.6 is 24.0 Å². The van der Waals surface area contributed by atoms with Crippen LogP contribution in [0.15, 0.2) is 23.2 Å². The lowest BCUT2D eigenvalue weighted by atomic mass is 10.00. The molecule has 1 aromatic rings. The predicted molar refractivity (Wildman–Crippen MR) is 127 cm³/mol. The summed E-state index contributed by atoms with van der Waals surface area (Å²) in [5.74, 6) is 2.97. The van der Waals surface area contributed by atoms with Crippen LogP contribution in [-0.2, 0) is 4.79 Å². The summed E-state index contributed by atoms with van der Waals surface area (Å²) in [5, 5.41) is 6.51. The molecule has 1 fully saturated rings. The topological polar surface area (TPSA) is 75.2 Å². The number of likely N-dealkylation sites (tertiary alicyclic amines) is 1. The number of carbonyl (C=O) groups excluding carboxylic acids is 1. The highest BCUT2D eigenvalue weighted by molar-refractivity contribution is 14.0. The van der Waals surface area contributed by atoms with E-state index in [9.17, 15) is 4.79 Å². The van der Waals surface area contributed by atoms with Crippen molar-refractivity contribution >= 4 is 41.5 Å². The minimum absolute atomic E-state index is 0. The summed E-state index contributed by atoms with van der Waals surface area (Å²) >= 11 is 0. The fraction of sp³-hybridized carbons (Fsp3) is 0.619. The highest BCUT2D eigenvalue weighted by Gasteiger charge is 2.20. The number of carbonyl (C=O) groups is 1. The van der Waals surface area contributed by atoms with Crippen LogP contribution in [0.4, 0.5) is 5.69 Å². The number of amides is 1. The maximum atomic E-state index is 12.4. The van der Waals surface area contributed by atoms with Crippen molar-refractivity contribution in [3.8, 4) is 11.5 Å². The van der Waals surface area contributed by atoms with Crippen LogP contribution in [-0.4, -0.2) is 56.2 Å². The Morgan fingerprint density at radius 3 is 2.79 bits per heavy atom. The summed E-state index contributed by atoms with van der Waals surface area (Å²) in [6.45, 7) is 8.51. The Hall–Kier alpha value is -1.71. The van der Waals surface area contributed by atoms with Crippen LogP contribution in [0, 0.1) is 5.92 Å². The largest absolute Gasteiger partial charge is 0.490 e. The first-order chi connectivity index (χ1) is 13.7. The molecule has 1 amide bonds. The van der Waals surface area contributed by atoms with E-state index in [2.05, 4.69) is 22.5 Å². The Morgan fingerprint density at radius 2 is 2.03 bits per heavy atom. The van der Waals surface area contributed by atoms with E-state index in [1.807, 2.05) is 30.0 Å². The number of ether oxygens (including phenoxy) is 2. The van der Waals surface area contributed by atoms with Gasteiger partial charge in [0.2, 0.25) is 5.91 Å². The molecular weight excluding hydrogens is 483 g/mol. The number of nitrogens with zero attached hydrogens (tertiary/aromatic N) is 2. The number of piperidine rings is 1. The third-order valence-corrected chi connectivity index (χ3v) is 4.96. The van der Waals surface area contributed by atoms with Crippen molar-refractivity contribution in [2.24, 2.45) is 10.9 Å². The van der Waals surface area contributed by atoms with Crippen molar-refractivity contribution in [2.45, 2.75) is 39.5 Å². The SMILES string of the molecule is CCNC(=NCCC(=O)N1CCCC(C)C1)Nc1ccc2c(c1)OCCCO2.I. The first-order valence-electron chi connectivity index (χ1n) is 10.4. The highest BCUT2D eigenvalue weighted by atomic mass is 127. The smallest absolute Gasteiger partial charge is 0.224 e. The monoisotopic (exact) mass is 516 g/mol. The zero-order valence-corrected chi connectivity index (χ0v) is 19.7. The number of halogens is 1. The average molecular weight is 516 g/mol. The molecule has 2 aliphatic heterocycles. The number of guanidine groups is 1. The van der Waals surface area contributed by atoms with Crippen molar-refractivity contribution in [1.29, 1.82) is 0 Å². The minimum Gasteiger partial charge on any atom is -0.490 e. The summed E-state index contributed by atoms with van der Waals surface area (Å²) in [5.41, 5.74) is 0.875. The molecule has 0 radical (unpaired) electrons. The van der Waals surface area contributed by atoms with Crippen LogP contribution in [0.3, 0.4) is 0 Å². The average Bonchev–Trinajstić information content (AvgIpc) is 2.93. The molecule has 8 heteroatoms. The van der Waals surface area contributed by atoms with Crippen molar-refractivity contribution in [2.75, 3.05) is 44.7 Å². The second-order valence-corrected chi connectivity index (χ2v) is 7.43. The fourth-order valence-corrected chi connectivity index (χ4v) is 3.52. The maximum absolute atomic E-state index is 12.4. The van der Waals surface area contributed by atoms with Gasteiger partial charge in [-0.05, 0) is 37.8 Å². The minimum atomic E-state index is 0. The Labute approximate surface area is 190 Å². The summed E-state index contributed by atoms with van der Waals surface area (Å²) in [6, 6.07) is 5.78. The molecule has 2 heterocycles. The third kappa shape index (κ3) is 7.24. The molecule has 0 saturated carbocycles. The first-order valence-corrected chi connectivity index (χ1v) is 10.4. The van der Waals surface area contributed by atoms with Gasteiger partial charge in [-0.25, -0.2) is 0 Å². The number of aliphatic imine (C=N–C) groups is 1. The van der Waals surface area contributed by atoms with E-state index in [1.165, 1.54) is 6.42 Å². The van der Waals surface area contributed by atoms with Crippen LogP contribution in [0.2, 0.25) is 0 Å². The second-order valence-electron chi connectivity index (χ2n) is 7.43. The van der Waals surface area contributed by atoms with Crippen LogP contribution < -0.4 is 20.1 Å². The summed E-state index contributed by atoms with van der Waals surface area (Å²) in [6.07, 6.45) is 3.63. The molecule has 0 aliphatic carbocycles. The lowest BCUT2D eigenvalue weighted by Gasteiger charge is -2.30. The van der Waals surface area contributed by atoms with E-state index in [0.29, 0.717) is 38.1 Å². The van der Waals surface area contributed by atoms with Gasteiger partial charge in [-0.2, -0.15) is 0 Å². The summed E-state index contributed by atoms with van der Waals surface area (Å²) in [7, 11) is 0. The van der Waals surface area contributed by atoms with Gasteiger partial charge in [0, 0.05) is 44.2 Å². The lowest BCUT2D eigenvalue weighted by molar-refractivity contribution is -0.132. The van der Waals surface area contributed by atoms with Gasteiger partial charge in [0.15, 0.2) is 17.5 Å². The van der Waals surface area contributed by atoms with E-state index >= 15 is 0 Å². The molecule has 29 heavy (non-hydrogen) atoms.